The number of nitrogens with zero attached hydrogens (tertiary/aromatic N) is 5. The number of likely N-dealkylation sites (tertiary alicyclic amines) is 1. The smallest absolute Gasteiger partial charge is 0.337 e. The lowest BCUT2D eigenvalue weighted by molar-refractivity contribution is -0.137. The van der Waals surface area contributed by atoms with Crippen molar-refractivity contribution in [3.63, 3.8) is 0 Å². The highest BCUT2D eigenvalue weighted by Crippen LogP contribution is 2.34. The van der Waals surface area contributed by atoms with Crippen LogP contribution < -0.4 is 4.90 Å². The van der Waals surface area contributed by atoms with E-state index in [1.165, 1.54) is 18.5 Å². The second-order valence-corrected chi connectivity index (χ2v) is 9.10. The van der Waals surface area contributed by atoms with Gasteiger partial charge < -0.3 is 9.80 Å². The molecule has 0 spiro atoms. The summed E-state index contributed by atoms with van der Waals surface area (Å²) in [6.07, 6.45) is 2.39. The van der Waals surface area contributed by atoms with Crippen molar-refractivity contribution in [2.75, 3.05) is 37.6 Å². The standard InChI is InChI=1S/C24H25F4N5O/c25-19-10-29-23(30-11-19)33-20-6-7-21(33)14-31(13-20)15-22(34)32-8-2-4-17(12-32)16-3-1-5-18(9-16)24(26,27)28/h1,3-5,9-11,20-21H,2,6-8,12-15H2. The molecule has 3 aliphatic heterocycles. The minimum atomic E-state index is -4.40. The maximum Gasteiger partial charge on any atom is 0.416 e. The summed E-state index contributed by atoms with van der Waals surface area (Å²) in [5, 5.41) is 0. The number of carbonyl (C=O) groups excluding carboxylic acids is 1. The summed E-state index contributed by atoms with van der Waals surface area (Å²) in [4.78, 5) is 27.3. The number of hydrogen-bond donors (Lipinski definition) is 0. The first-order chi connectivity index (χ1) is 16.3. The molecule has 6 nitrogen and oxygen atoms in total. The molecule has 2 aromatic rings. The van der Waals surface area contributed by atoms with Gasteiger partial charge in [-0.1, -0.05) is 18.2 Å². The summed E-state index contributed by atoms with van der Waals surface area (Å²) in [6.45, 7) is 2.50. The van der Waals surface area contributed by atoms with Gasteiger partial charge in [-0.2, -0.15) is 13.2 Å². The van der Waals surface area contributed by atoms with Gasteiger partial charge in [0, 0.05) is 38.3 Å². The van der Waals surface area contributed by atoms with E-state index in [9.17, 15) is 22.4 Å². The van der Waals surface area contributed by atoms with Crippen molar-refractivity contribution in [1.29, 1.82) is 0 Å². The van der Waals surface area contributed by atoms with Crippen molar-refractivity contribution >= 4 is 17.4 Å². The number of benzene rings is 1. The van der Waals surface area contributed by atoms with Crippen molar-refractivity contribution < 1.29 is 22.4 Å². The minimum Gasteiger partial charge on any atom is -0.337 e. The van der Waals surface area contributed by atoms with Crippen LogP contribution >= 0.6 is 0 Å². The van der Waals surface area contributed by atoms with Crippen LogP contribution in [0, 0.1) is 5.82 Å². The molecule has 34 heavy (non-hydrogen) atoms. The number of hydrogen-bond acceptors (Lipinski definition) is 5. The molecule has 4 heterocycles. The molecule has 2 saturated heterocycles. The predicted molar refractivity (Wildman–Crippen MR) is 118 cm³/mol. The highest BCUT2D eigenvalue weighted by atomic mass is 19.4. The van der Waals surface area contributed by atoms with E-state index in [2.05, 4.69) is 19.8 Å². The van der Waals surface area contributed by atoms with Gasteiger partial charge >= 0.3 is 6.18 Å². The lowest BCUT2D eigenvalue weighted by Crippen LogP contribution is -2.56. The maximum absolute atomic E-state index is 13.2. The quantitative estimate of drug-likeness (QED) is 0.633. The Morgan fingerprint density at radius 1 is 1.09 bits per heavy atom. The van der Waals surface area contributed by atoms with Crippen LogP contribution in [0.15, 0.2) is 42.7 Å². The molecule has 1 aromatic heterocycles. The van der Waals surface area contributed by atoms with Crippen LogP contribution in [0.4, 0.5) is 23.5 Å². The SMILES string of the molecule is O=C(CN1CC2CCC(C1)N2c1ncc(F)cn1)N1CCC=C(c2cccc(C(F)(F)F)c2)C1. The molecule has 2 atom stereocenters. The van der Waals surface area contributed by atoms with Crippen LogP contribution in [0.3, 0.4) is 0 Å². The zero-order valence-electron chi connectivity index (χ0n) is 18.5. The molecule has 2 fully saturated rings. The number of anilines is 1. The summed E-state index contributed by atoms with van der Waals surface area (Å²) in [5.41, 5.74) is 0.551. The second kappa shape index (κ2) is 8.98. The van der Waals surface area contributed by atoms with Crippen LogP contribution in [-0.2, 0) is 11.0 Å². The number of carbonyl (C=O) groups is 1. The lowest BCUT2D eigenvalue weighted by atomic mass is 9.99. The van der Waals surface area contributed by atoms with E-state index in [-0.39, 0.29) is 24.5 Å². The predicted octanol–water partition coefficient (Wildman–Crippen LogP) is 3.60. The van der Waals surface area contributed by atoms with Gasteiger partial charge in [-0.3, -0.25) is 9.69 Å². The molecule has 0 N–H and O–H groups in total. The number of piperazine rings is 1. The molecule has 3 aliphatic rings. The highest BCUT2D eigenvalue weighted by Gasteiger charge is 2.42. The fourth-order valence-corrected chi connectivity index (χ4v) is 5.24. The number of alkyl halides is 3. The Kier molecular flexibility index (Phi) is 6.01. The van der Waals surface area contributed by atoms with Crippen LogP contribution in [-0.4, -0.2) is 70.5 Å². The maximum atomic E-state index is 13.2. The molecule has 0 radical (unpaired) electrons. The van der Waals surface area contributed by atoms with E-state index < -0.39 is 17.6 Å². The van der Waals surface area contributed by atoms with Crippen LogP contribution in [0.2, 0.25) is 0 Å². The number of fused-ring (bicyclic) bond motifs is 2. The summed E-state index contributed by atoms with van der Waals surface area (Å²) < 4.78 is 52.5. The molecule has 1 aromatic carbocycles. The third kappa shape index (κ3) is 4.64. The van der Waals surface area contributed by atoms with Crippen LogP contribution in [0.25, 0.3) is 5.57 Å². The van der Waals surface area contributed by atoms with E-state index in [0.29, 0.717) is 44.1 Å². The van der Waals surface area contributed by atoms with Gasteiger partial charge in [0.1, 0.15) is 0 Å². The lowest BCUT2D eigenvalue weighted by Gasteiger charge is -2.41. The normalized spacial score (nSPS) is 23.2. The van der Waals surface area contributed by atoms with Gasteiger partial charge in [-0.25, -0.2) is 14.4 Å². The van der Waals surface area contributed by atoms with Crippen molar-refractivity contribution in [3.05, 3.63) is 59.7 Å². The first-order valence-electron chi connectivity index (χ1n) is 11.4. The van der Waals surface area contributed by atoms with E-state index in [1.54, 1.807) is 11.0 Å². The molecule has 1 amide bonds. The molecule has 5 rings (SSSR count). The van der Waals surface area contributed by atoms with Gasteiger partial charge in [-0.05, 0) is 42.5 Å². The van der Waals surface area contributed by atoms with Crippen molar-refractivity contribution in [1.82, 2.24) is 19.8 Å². The average molecular weight is 475 g/mol. The third-order valence-electron chi connectivity index (χ3n) is 6.82. The first-order valence-corrected chi connectivity index (χ1v) is 11.4. The summed E-state index contributed by atoms with van der Waals surface area (Å²) in [6, 6.07) is 5.59. The van der Waals surface area contributed by atoms with Gasteiger partial charge in [0.2, 0.25) is 11.9 Å². The van der Waals surface area contributed by atoms with E-state index >= 15 is 0 Å². The highest BCUT2D eigenvalue weighted by molar-refractivity contribution is 5.82. The molecule has 180 valence electrons. The molecule has 0 aliphatic carbocycles. The van der Waals surface area contributed by atoms with Crippen molar-refractivity contribution in [3.8, 4) is 0 Å². The van der Waals surface area contributed by atoms with Crippen LogP contribution in [0.1, 0.15) is 30.4 Å². The number of aromatic nitrogens is 2. The summed E-state index contributed by atoms with van der Waals surface area (Å²) in [5.74, 6) is 0.0237. The summed E-state index contributed by atoms with van der Waals surface area (Å²) in [7, 11) is 0. The Hall–Kier alpha value is -3.01. The average Bonchev–Trinajstić information content (AvgIpc) is 3.09. The van der Waals surface area contributed by atoms with Crippen molar-refractivity contribution in [2.24, 2.45) is 0 Å². The van der Waals surface area contributed by atoms with E-state index in [0.717, 1.165) is 30.5 Å². The molecule has 2 unspecified atom stereocenters. The molecular formula is C24H25F4N5O. The monoisotopic (exact) mass is 475 g/mol. The zero-order chi connectivity index (χ0) is 23.9. The Bertz CT molecular complexity index is 1070. The van der Waals surface area contributed by atoms with Gasteiger partial charge in [0.15, 0.2) is 5.82 Å². The fraction of sp³-hybridized carbons (Fsp3) is 0.458. The Morgan fingerprint density at radius 2 is 1.79 bits per heavy atom. The second-order valence-electron chi connectivity index (χ2n) is 9.10. The van der Waals surface area contributed by atoms with Gasteiger partial charge in [0.05, 0.1) is 24.5 Å². The van der Waals surface area contributed by atoms with Gasteiger partial charge in [-0.15, -0.1) is 0 Å². The Balaban J connectivity index is 1.21. The van der Waals surface area contributed by atoms with Crippen molar-refractivity contribution in [2.45, 2.75) is 37.5 Å². The summed E-state index contributed by atoms with van der Waals surface area (Å²) >= 11 is 0. The zero-order valence-corrected chi connectivity index (χ0v) is 18.5. The molecular weight excluding hydrogens is 450 g/mol. The van der Waals surface area contributed by atoms with E-state index in [4.69, 9.17) is 0 Å². The van der Waals surface area contributed by atoms with Gasteiger partial charge in [0.25, 0.3) is 0 Å². The Morgan fingerprint density at radius 3 is 2.47 bits per heavy atom. The fourth-order valence-electron chi connectivity index (χ4n) is 5.24. The first kappa shape index (κ1) is 22.8. The molecule has 2 bridgehead atoms. The third-order valence-corrected chi connectivity index (χ3v) is 6.82. The van der Waals surface area contributed by atoms with E-state index in [1.807, 2.05) is 6.08 Å². The Labute approximate surface area is 194 Å². The molecule has 10 heteroatoms. The molecule has 0 saturated carbocycles. The van der Waals surface area contributed by atoms with Crippen LogP contribution in [0.5, 0.6) is 0 Å². The largest absolute Gasteiger partial charge is 0.416 e. The topological polar surface area (TPSA) is 52.6 Å². The number of rotatable bonds is 4. The number of halogens is 4. The number of amides is 1. The minimum absolute atomic E-state index is 0.0246.